The summed E-state index contributed by atoms with van der Waals surface area (Å²) in [6, 6.07) is 20.8. The molecule has 0 saturated carbocycles. The van der Waals surface area contributed by atoms with E-state index >= 15 is 0 Å². The van der Waals surface area contributed by atoms with Crippen LogP contribution in [0.1, 0.15) is 24.0 Å². The zero-order valence-corrected chi connectivity index (χ0v) is 12.0. The Kier molecular flexibility index (Phi) is 4.47. The van der Waals surface area contributed by atoms with Gasteiger partial charge in [0.05, 0.1) is 5.71 Å². The summed E-state index contributed by atoms with van der Waals surface area (Å²) in [5.74, 6) is 0. The summed E-state index contributed by atoms with van der Waals surface area (Å²) in [6.45, 7) is 0. The molecular formula is C19H19NO. The number of hydrogen-bond donors (Lipinski definition) is 0. The first kappa shape index (κ1) is 13.6. The molecule has 0 fully saturated rings. The summed E-state index contributed by atoms with van der Waals surface area (Å²) in [6.07, 6.45) is 7.17. The van der Waals surface area contributed by atoms with E-state index in [0.29, 0.717) is 0 Å². The minimum absolute atomic E-state index is 0.0796. The number of oxime groups is 1. The molecule has 0 saturated heterocycles. The topological polar surface area (TPSA) is 21.6 Å². The standard InChI is InChI=1S/C19H19NO/c1-3-7-16(8-4-1)11-13-18-15-19(21-20-18)14-12-17-9-5-2-6-10-17/h1-10,12,14,19H,11,13,15H2/b14-12-/t19-/m0/s1. The highest BCUT2D eigenvalue weighted by atomic mass is 16.6. The van der Waals surface area contributed by atoms with Crippen molar-refractivity contribution in [2.24, 2.45) is 5.16 Å². The van der Waals surface area contributed by atoms with Crippen molar-refractivity contribution in [3.63, 3.8) is 0 Å². The van der Waals surface area contributed by atoms with Gasteiger partial charge in [0, 0.05) is 6.42 Å². The highest BCUT2D eigenvalue weighted by molar-refractivity contribution is 5.86. The maximum Gasteiger partial charge on any atom is 0.151 e. The Balaban J connectivity index is 1.48. The average Bonchev–Trinajstić information content (AvgIpc) is 3.01. The van der Waals surface area contributed by atoms with E-state index in [1.165, 1.54) is 11.1 Å². The third kappa shape index (κ3) is 4.06. The van der Waals surface area contributed by atoms with Gasteiger partial charge in [-0.1, -0.05) is 71.9 Å². The summed E-state index contributed by atoms with van der Waals surface area (Å²) in [5.41, 5.74) is 3.70. The van der Waals surface area contributed by atoms with Gasteiger partial charge in [0.1, 0.15) is 0 Å². The number of aryl methyl sites for hydroxylation is 1. The molecule has 0 amide bonds. The highest BCUT2D eigenvalue weighted by Gasteiger charge is 2.17. The Morgan fingerprint density at radius 3 is 2.43 bits per heavy atom. The minimum atomic E-state index is 0.0796. The van der Waals surface area contributed by atoms with E-state index in [2.05, 4.69) is 53.7 Å². The molecule has 0 unspecified atom stereocenters. The van der Waals surface area contributed by atoms with Gasteiger partial charge in [0.2, 0.25) is 0 Å². The van der Waals surface area contributed by atoms with Crippen molar-refractivity contribution in [3.05, 3.63) is 77.9 Å². The lowest BCUT2D eigenvalue weighted by atomic mass is 10.0. The van der Waals surface area contributed by atoms with Crippen LogP contribution in [0.5, 0.6) is 0 Å². The number of hydrogen-bond acceptors (Lipinski definition) is 2. The van der Waals surface area contributed by atoms with E-state index in [9.17, 15) is 0 Å². The van der Waals surface area contributed by atoms with Crippen molar-refractivity contribution < 1.29 is 4.84 Å². The number of rotatable bonds is 5. The zero-order chi connectivity index (χ0) is 14.3. The minimum Gasteiger partial charge on any atom is -0.388 e. The molecule has 106 valence electrons. The lowest BCUT2D eigenvalue weighted by molar-refractivity contribution is 0.120. The van der Waals surface area contributed by atoms with Gasteiger partial charge in [-0.2, -0.15) is 0 Å². The van der Waals surface area contributed by atoms with Crippen molar-refractivity contribution >= 4 is 11.8 Å². The summed E-state index contributed by atoms with van der Waals surface area (Å²) < 4.78 is 0. The third-order valence-corrected chi connectivity index (χ3v) is 3.60. The Hall–Kier alpha value is -2.35. The van der Waals surface area contributed by atoms with Crippen LogP contribution in [0.3, 0.4) is 0 Å². The average molecular weight is 277 g/mol. The summed E-state index contributed by atoms with van der Waals surface area (Å²) >= 11 is 0. The van der Waals surface area contributed by atoms with Crippen molar-refractivity contribution in [2.75, 3.05) is 0 Å². The summed E-state index contributed by atoms with van der Waals surface area (Å²) in [5, 5.41) is 4.21. The fourth-order valence-corrected chi connectivity index (χ4v) is 2.42. The van der Waals surface area contributed by atoms with Crippen LogP contribution in [-0.4, -0.2) is 11.8 Å². The smallest absolute Gasteiger partial charge is 0.151 e. The van der Waals surface area contributed by atoms with Crippen LogP contribution >= 0.6 is 0 Å². The molecule has 2 nitrogen and oxygen atoms in total. The molecule has 1 aliphatic heterocycles. The maximum absolute atomic E-state index is 5.48. The SMILES string of the molecule is C(=C/[C@H]1CC(CCc2ccccc2)=NO1)/c1ccccc1. The van der Waals surface area contributed by atoms with Crippen molar-refractivity contribution in [2.45, 2.75) is 25.4 Å². The lowest BCUT2D eigenvalue weighted by Crippen LogP contribution is -2.04. The largest absolute Gasteiger partial charge is 0.388 e. The van der Waals surface area contributed by atoms with E-state index in [1.807, 2.05) is 24.3 Å². The first-order valence-electron chi connectivity index (χ1n) is 7.39. The summed E-state index contributed by atoms with van der Waals surface area (Å²) in [7, 11) is 0. The number of nitrogens with zero attached hydrogens (tertiary/aromatic N) is 1. The molecule has 0 aromatic heterocycles. The lowest BCUT2D eigenvalue weighted by Gasteiger charge is -2.01. The van der Waals surface area contributed by atoms with Gasteiger partial charge in [-0.05, 0) is 30.0 Å². The first-order valence-corrected chi connectivity index (χ1v) is 7.39. The molecule has 0 N–H and O–H groups in total. The molecule has 1 heterocycles. The predicted octanol–water partition coefficient (Wildman–Crippen LogP) is 4.48. The molecule has 0 aliphatic carbocycles. The van der Waals surface area contributed by atoms with E-state index in [1.54, 1.807) is 0 Å². The van der Waals surface area contributed by atoms with Gasteiger partial charge < -0.3 is 4.84 Å². The maximum atomic E-state index is 5.48. The fraction of sp³-hybridized carbons (Fsp3) is 0.211. The molecule has 2 aromatic carbocycles. The molecule has 2 heteroatoms. The Bertz CT molecular complexity index is 617. The molecule has 1 aliphatic rings. The molecule has 0 spiro atoms. The van der Waals surface area contributed by atoms with E-state index in [-0.39, 0.29) is 6.10 Å². The summed E-state index contributed by atoms with van der Waals surface area (Å²) in [4.78, 5) is 5.48. The van der Waals surface area contributed by atoms with Gasteiger partial charge >= 0.3 is 0 Å². The molecule has 0 bridgehead atoms. The van der Waals surface area contributed by atoms with Gasteiger partial charge in [-0.3, -0.25) is 0 Å². The molecule has 3 rings (SSSR count). The quantitative estimate of drug-likeness (QED) is 0.789. The van der Waals surface area contributed by atoms with Crippen LogP contribution in [0.4, 0.5) is 0 Å². The van der Waals surface area contributed by atoms with Crippen LogP contribution in [0.2, 0.25) is 0 Å². The van der Waals surface area contributed by atoms with Gasteiger partial charge in [-0.15, -0.1) is 0 Å². The fourth-order valence-electron chi connectivity index (χ4n) is 2.42. The van der Waals surface area contributed by atoms with E-state index in [0.717, 1.165) is 25.0 Å². The number of benzene rings is 2. The van der Waals surface area contributed by atoms with Gasteiger partial charge in [0.15, 0.2) is 6.10 Å². The van der Waals surface area contributed by atoms with Crippen molar-refractivity contribution in [3.8, 4) is 0 Å². The second-order valence-corrected chi connectivity index (χ2v) is 5.26. The zero-order valence-electron chi connectivity index (χ0n) is 12.0. The second-order valence-electron chi connectivity index (χ2n) is 5.26. The molecule has 1 atom stereocenters. The Morgan fingerprint density at radius 2 is 1.67 bits per heavy atom. The predicted molar refractivity (Wildman–Crippen MR) is 87.2 cm³/mol. The first-order chi connectivity index (χ1) is 10.4. The van der Waals surface area contributed by atoms with Crippen LogP contribution in [0.25, 0.3) is 6.08 Å². The van der Waals surface area contributed by atoms with Crippen LogP contribution in [0.15, 0.2) is 71.9 Å². The second kappa shape index (κ2) is 6.89. The Morgan fingerprint density at radius 1 is 0.952 bits per heavy atom. The van der Waals surface area contributed by atoms with Crippen molar-refractivity contribution in [1.29, 1.82) is 0 Å². The van der Waals surface area contributed by atoms with Crippen LogP contribution in [-0.2, 0) is 11.3 Å². The van der Waals surface area contributed by atoms with Gasteiger partial charge in [0.25, 0.3) is 0 Å². The van der Waals surface area contributed by atoms with Crippen LogP contribution < -0.4 is 0 Å². The molecule has 2 aromatic rings. The monoisotopic (exact) mass is 277 g/mol. The normalized spacial score (nSPS) is 17.7. The Labute approximate surface area is 125 Å². The third-order valence-electron chi connectivity index (χ3n) is 3.60. The van der Waals surface area contributed by atoms with E-state index in [4.69, 9.17) is 4.84 Å². The van der Waals surface area contributed by atoms with E-state index < -0.39 is 0 Å². The van der Waals surface area contributed by atoms with Crippen molar-refractivity contribution in [1.82, 2.24) is 0 Å². The molecular weight excluding hydrogens is 258 g/mol. The van der Waals surface area contributed by atoms with Gasteiger partial charge in [-0.25, -0.2) is 0 Å². The molecule has 0 radical (unpaired) electrons. The van der Waals surface area contributed by atoms with Crippen LogP contribution in [0, 0.1) is 0 Å². The highest BCUT2D eigenvalue weighted by Crippen LogP contribution is 2.17. The molecule has 21 heavy (non-hydrogen) atoms.